The van der Waals surface area contributed by atoms with Crippen LogP contribution in [0.2, 0.25) is 0 Å². The van der Waals surface area contributed by atoms with Crippen LogP contribution in [0.5, 0.6) is 17.2 Å². The summed E-state index contributed by atoms with van der Waals surface area (Å²) < 4.78 is 18.3. The number of hydrogen-bond donors (Lipinski definition) is 1. The summed E-state index contributed by atoms with van der Waals surface area (Å²) in [6.07, 6.45) is 1.61. The Hall–Kier alpha value is -3.83. The fourth-order valence-electron chi connectivity index (χ4n) is 3.27. The first-order chi connectivity index (χ1) is 17.1. The first-order valence-corrected chi connectivity index (χ1v) is 12.3. The molecule has 180 valence electrons. The zero-order chi connectivity index (χ0) is 24.6. The quantitative estimate of drug-likeness (QED) is 0.194. The van der Waals surface area contributed by atoms with Gasteiger partial charge in [0.1, 0.15) is 0 Å². The molecule has 9 nitrogen and oxygen atoms in total. The SMILES string of the molecule is COc1cc(-c2nnc(SCC(=O)N/N=C\c3cccs3)n2-c2ccccc2)cc(OC)c1OC. The number of ether oxygens (including phenoxy) is 3. The summed E-state index contributed by atoms with van der Waals surface area (Å²) >= 11 is 2.80. The molecule has 35 heavy (non-hydrogen) atoms. The van der Waals surface area contributed by atoms with Gasteiger partial charge in [-0.15, -0.1) is 21.5 Å². The number of amides is 1. The van der Waals surface area contributed by atoms with Crippen molar-refractivity contribution in [2.75, 3.05) is 27.1 Å². The number of hydrazone groups is 1. The molecule has 2 heterocycles. The third-order valence-electron chi connectivity index (χ3n) is 4.83. The van der Waals surface area contributed by atoms with Crippen LogP contribution in [0.1, 0.15) is 4.88 Å². The second-order valence-electron chi connectivity index (χ2n) is 6.99. The molecule has 4 rings (SSSR count). The predicted molar refractivity (Wildman–Crippen MR) is 137 cm³/mol. The minimum absolute atomic E-state index is 0.113. The summed E-state index contributed by atoms with van der Waals surface area (Å²) in [5.74, 6) is 1.91. The zero-order valence-electron chi connectivity index (χ0n) is 19.3. The van der Waals surface area contributed by atoms with E-state index in [9.17, 15) is 4.79 Å². The van der Waals surface area contributed by atoms with Gasteiger partial charge in [0.2, 0.25) is 5.75 Å². The number of para-hydroxylation sites is 1. The number of nitrogens with zero attached hydrogens (tertiary/aromatic N) is 4. The second-order valence-corrected chi connectivity index (χ2v) is 8.91. The minimum atomic E-state index is -0.250. The molecule has 0 radical (unpaired) electrons. The molecule has 0 aliphatic rings. The first-order valence-electron chi connectivity index (χ1n) is 10.4. The van der Waals surface area contributed by atoms with Crippen molar-refractivity contribution in [1.82, 2.24) is 20.2 Å². The van der Waals surface area contributed by atoms with Crippen LogP contribution in [-0.2, 0) is 4.79 Å². The molecular weight excluding hydrogens is 486 g/mol. The number of methoxy groups -OCH3 is 3. The molecule has 0 atom stereocenters. The fraction of sp³-hybridized carbons (Fsp3) is 0.167. The van der Waals surface area contributed by atoms with Gasteiger partial charge in [0.15, 0.2) is 22.5 Å². The lowest BCUT2D eigenvalue weighted by Gasteiger charge is -2.15. The average molecular weight is 510 g/mol. The van der Waals surface area contributed by atoms with Gasteiger partial charge in [0.05, 0.1) is 33.3 Å². The molecule has 0 aliphatic carbocycles. The van der Waals surface area contributed by atoms with E-state index < -0.39 is 0 Å². The highest BCUT2D eigenvalue weighted by atomic mass is 32.2. The van der Waals surface area contributed by atoms with E-state index in [1.54, 1.807) is 27.5 Å². The number of aromatic nitrogens is 3. The maximum atomic E-state index is 12.4. The average Bonchev–Trinajstić information content (AvgIpc) is 3.57. The van der Waals surface area contributed by atoms with E-state index in [4.69, 9.17) is 14.2 Å². The number of thioether (sulfide) groups is 1. The van der Waals surface area contributed by atoms with Crippen molar-refractivity contribution in [2.45, 2.75) is 5.16 Å². The summed E-state index contributed by atoms with van der Waals surface area (Å²) in [5.41, 5.74) is 4.11. The summed E-state index contributed by atoms with van der Waals surface area (Å²) in [7, 11) is 4.67. The highest BCUT2D eigenvalue weighted by Crippen LogP contribution is 2.41. The molecular formula is C24H23N5O4S2. The van der Waals surface area contributed by atoms with Crippen LogP contribution in [0.25, 0.3) is 17.1 Å². The molecule has 0 unspecified atom stereocenters. The van der Waals surface area contributed by atoms with E-state index in [0.717, 1.165) is 10.6 Å². The van der Waals surface area contributed by atoms with Crippen LogP contribution in [0, 0.1) is 0 Å². The van der Waals surface area contributed by atoms with Gasteiger partial charge in [-0.3, -0.25) is 9.36 Å². The van der Waals surface area contributed by atoms with Gasteiger partial charge < -0.3 is 14.2 Å². The summed E-state index contributed by atoms with van der Waals surface area (Å²) in [4.78, 5) is 13.3. The monoisotopic (exact) mass is 509 g/mol. The van der Waals surface area contributed by atoms with E-state index in [2.05, 4.69) is 20.7 Å². The van der Waals surface area contributed by atoms with Crippen LogP contribution in [0.3, 0.4) is 0 Å². The number of rotatable bonds is 10. The standard InChI is InChI=1S/C24H23N5O4S2/c1-31-19-12-16(13-20(32-2)22(19)33-3)23-27-28-24(29(23)17-8-5-4-6-9-17)35-15-21(30)26-25-14-18-10-7-11-34-18/h4-14H,15H2,1-3H3,(H,26,30)/b25-14-. The molecule has 2 aromatic carbocycles. The Morgan fingerprint density at radius 3 is 2.43 bits per heavy atom. The van der Waals surface area contributed by atoms with E-state index in [1.807, 2.05) is 64.5 Å². The zero-order valence-corrected chi connectivity index (χ0v) is 20.9. The maximum Gasteiger partial charge on any atom is 0.250 e. The lowest BCUT2D eigenvalue weighted by atomic mass is 10.1. The van der Waals surface area contributed by atoms with Crippen LogP contribution in [-0.4, -0.2) is 54.0 Å². The molecule has 0 bridgehead atoms. The Kier molecular flexibility index (Phi) is 8.01. The second kappa shape index (κ2) is 11.5. The van der Waals surface area contributed by atoms with E-state index in [-0.39, 0.29) is 11.7 Å². The third-order valence-corrected chi connectivity index (χ3v) is 6.56. The number of thiophene rings is 1. The molecule has 2 aromatic heterocycles. The van der Waals surface area contributed by atoms with Gasteiger partial charge >= 0.3 is 0 Å². The Balaban J connectivity index is 1.63. The van der Waals surface area contributed by atoms with Crippen molar-refractivity contribution in [3.8, 4) is 34.3 Å². The number of hydrogen-bond acceptors (Lipinski definition) is 9. The lowest BCUT2D eigenvalue weighted by molar-refractivity contribution is -0.118. The molecule has 1 N–H and O–H groups in total. The van der Waals surface area contributed by atoms with E-state index in [0.29, 0.717) is 33.8 Å². The fourth-order valence-corrected chi connectivity index (χ4v) is 4.59. The smallest absolute Gasteiger partial charge is 0.250 e. The van der Waals surface area contributed by atoms with Crippen LogP contribution < -0.4 is 19.6 Å². The van der Waals surface area contributed by atoms with Gasteiger partial charge in [-0.2, -0.15) is 5.10 Å². The largest absolute Gasteiger partial charge is 0.493 e. The van der Waals surface area contributed by atoms with Gasteiger partial charge in [-0.25, -0.2) is 5.43 Å². The molecule has 4 aromatic rings. The first kappa shape index (κ1) is 24.3. The topological polar surface area (TPSA) is 99.9 Å². The van der Waals surface area contributed by atoms with Crippen molar-refractivity contribution in [1.29, 1.82) is 0 Å². The highest BCUT2D eigenvalue weighted by Gasteiger charge is 2.21. The highest BCUT2D eigenvalue weighted by molar-refractivity contribution is 7.99. The van der Waals surface area contributed by atoms with Crippen molar-refractivity contribution in [3.05, 3.63) is 64.9 Å². The molecule has 0 spiro atoms. The van der Waals surface area contributed by atoms with E-state index in [1.165, 1.54) is 23.1 Å². The maximum absolute atomic E-state index is 12.4. The lowest BCUT2D eigenvalue weighted by Crippen LogP contribution is -2.19. The van der Waals surface area contributed by atoms with Crippen LogP contribution in [0.4, 0.5) is 0 Å². The number of carbonyl (C=O) groups is 1. The van der Waals surface area contributed by atoms with Crippen LogP contribution in [0.15, 0.2) is 70.2 Å². The summed E-state index contributed by atoms with van der Waals surface area (Å²) in [6, 6.07) is 17.1. The van der Waals surface area contributed by atoms with E-state index >= 15 is 0 Å². The van der Waals surface area contributed by atoms with Crippen molar-refractivity contribution in [2.24, 2.45) is 5.10 Å². The Labute approximate surface area is 210 Å². The van der Waals surface area contributed by atoms with Gasteiger partial charge in [-0.05, 0) is 35.7 Å². The van der Waals surface area contributed by atoms with Gasteiger partial charge in [0, 0.05) is 16.1 Å². The van der Waals surface area contributed by atoms with Crippen molar-refractivity contribution < 1.29 is 19.0 Å². The molecule has 0 saturated heterocycles. The van der Waals surface area contributed by atoms with Gasteiger partial charge in [-0.1, -0.05) is 36.0 Å². The molecule has 11 heteroatoms. The summed E-state index contributed by atoms with van der Waals surface area (Å²) in [5, 5.41) is 15.3. The van der Waals surface area contributed by atoms with Crippen LogP contribution >= 0.6 is 23.1 Å². The van der Waals surface area contributed by atoms with Crippen molar-refractivity contribution in [3.63, 3.8) is 0 Å². The number of nitrogens with one attached hydrogen (secondary N) is 1. The van der Waals surface area contributed by atoms with Crippen molar-refractivity contribution >= 4 is 35.2 Å². The summed E-state index contributed by atoms with van der Waals surface area (Å²) in [6.45, 7) is 0. The Bertz CT molecular complexity index is 1280. The Morgan fingerprint density at radius 2 is 1.80 bits per heavy atom. The van der Waals surface area contributed by atoms with Gasteiger partial charge in [0.25, 0.3) is 5.91 Å². The molecule has 1 amide bonds. The molecule has 0 saturated carbocycles. The molecule has 0 aliphatic heterocycles. The number of benzene rings is 2. The normalized spacial score (nSPS) is 10.9. The minimum Gasteiger partial charge on any atom is -0.493 e. The predicted octanol–water partition coefficient (Wildman–Crippen LogP) is 4.26. The third kappa shape index (κ3) is 5.64. The Morgan fingerprint density at radius 1 is 1.06 bits per heavy atom. The molecule has 0 fully saturated rings. The number of carbonyl (C=O) groups excluding carboxylic acids is 1.